The van der Waals surface area contributed by atoms with E-state index in [1.807, 2.05) is 18.3 Å². The summed E-state index contributed by atoms with van der Waals surface area (Å²) in [4.78, 5) is 9.19. The van der Waals surface area contributed by atoms with Gasteiger partial charge in [-0.1, -0.05) is 19.3 Å². The minimum absolute atomic E-state index is 0.619. The molecule has 2 aromatic heterocycles. The lowest BCUT2D eigenvalue weighted by atomic mass is 9.89. The largest absolute Gasteiger partial charge is 0.312 e. The zero-order chi connectivity index (χ0) is 13.1. The van der Waals surface area contributed by atoms with Gasteiger partial charge in [0.25, 0.3) is 0 Å². The highest BCUT2D eigenvalue weighted by Crippen LogP contribution is 2.27. The first-order chi connectivity index (χ1) is 9.38. The number of nitrogens with zero attached hydrogens (tertiary/aromatic N) is 3. The van der Waals surface area contributed by atoms with E-state index in [0.29, 0.717) is 5.88 Å². The minimum atomic E-state index is 0.619. The van der Waals surface area contributed by atoms with Gasteiger partial charge in [0.05, 0.1) is 0 Å². The molecule has 0 aliphatic heterocycles. The second-order valence-corrected chi connectivity index (χ2v) is 5.81. The topological polar surface area (TPSA) is 30.7 Å². The zero-order valence-electron chi connectivity index (χ0n) is 11.2. The molecule has 0 saturated heterocycles. The summed E-state index contributed by atoms with van der Waals surface area (Å²) in [5.41, 5.74) is 2.02. The molecule has 1 aliphatic carbocycles. The molecule has 0 atom stereocenters. The van der Waals surface area contributed by atoms with E-state index < -0.39 is 0 Å². The van der Waals surface area contributed by atoms with Crippen LogP contribution in [0, 0.1) is 5.92 Å². The SMILES string of the molecule is ClCCc1nc2cccnc2n1CC1CCCCC1. The van der Waals surface area contributed by atoms with E-state index >= 15 is 0 Å². The summed E-state index contributed by atoms with van der Waals surface area (Å²) < 4.78 is 2.30. The number of halogens is 1. The molecule has 2 heterocycles. The molecule has 4 heteroatoms. The standard InChI is InChI=1S/C15H20ClN3/c16-9-8-14-18-13-7-4-10-17-15(13)19(14)11-12-5-2-1-3-6-12/h4,7,10,12H,1-3,5-6,8-9,11H2. The van der Waals surface area contributed by atoms with Crippen LogP contribution in [-0.4, -0.2) is 20.4 Å². The van der Waals surface area contributed by atoms with Crippen LogP contribution in [0.25, 0.3) is 11.2 Å². The molecule has 1 saturated carbocycles. The highest BCUT2D eigenvalue weighted by molar-refractivity contribution is 6.17. The fourth-order valence-corrected chi connectivity index (χ4v) is 3.27. The van der Waals surface area contributed by atoms with Gasteiger partial charge in [-0.15, -0.1) is 11.6 Å². The molecular formula is C15H20ClN3. The maximum Gasteiger partial charge on any atom is 0.159 e. The lowest BCUT2D eigenvalue weighted by Gasteiger charge is -2.22. The van der Waals surface area contributed by atoms with Crippen molar-refractivity contribution in [1.82, 2.24) is 14.5 Å². The number of fused-ring (bicyclic) bond motifs is 1. The third kappa shape index (κ3) is 2.76. The van der Waals surface area contributed by atoms with Crippen molar-refractivity contribution >= 4 is 22.8 Å². The van der Waals surface area contributed by atoms with Gasteiger partial charge in [0, 0.05) is 25.0 Å². The summed E-state index contributed by atoms with van der Waals surface area (Å²) in [5.74, 6) is 2.49. The van der Waals surface area contributed by atoms with Crippen molar-refractivity contribution in [3.8, 4) is 0 Å². The molecule has 1 aliphatic rings. The first-order valence-corrected chi connectivity index (χ1v) is 7.78. The van der Waals surface area contributed by atoms with Gasteiger partial charge in [0.2, 0.25) is 0 Å². The van der Waals surface area contributed by atoms with Gasteiger partial charge >= 0.3 is 0 Å². The van der Waals surface area contributed by atoms with Gasteiger partial charge in [0.1, 0.15) is 11.3 Å². The molecule has 0 bridgehead atoms. The highest BCUT2D eigenvalue weighted by Gasteiger charge is 2.18. The molecule has 1 fully saturated rings. The van der Waals surface area contributed by atoms with Gasteiger partial charge in [0.15, 0.2) is 5.65 Å². The lowest BCUT2D eigenvalue weighted by molar-refractivity contribution is 0.319. The van der Waals surface area contributed by atoms with Gasteiger partial charge in [-0.05, 0) is 30.9 Å². The van der Waals surface area contributed by atoms with E-state index in [-0.39, 0.29) is 0 Å². The van der Waals surface area contributed by atoms with Crippen LogP contribution >= 0.6 is 11.6 Å². The quantitative estimate of drug-likeness (QED) is 0.796. The molecular weight excluding hydrogens is 258 g/mol. The Morgan fingerprint density at radius 1 is 1.26 bits per heavy atom. The van der Waals surface area contributed by atoms with Crippen molar-refractivity contribution in [3.63, 3.8) is 0 Å². The molecule has 102 valence electrons. The van der Waals surface area contributed by atoms with Crippen molar-refractivity contribution in [2.24, 2.45) is 5.92 Å². The summed E-state index contributed by atoms with van der Waals surface area (Å²) in [7, 11) is 0. The third-order valence-electron chi connectivity index (χ3n) is 4.07. The molecule has 3 rings (SSSR count). The first-order valence-electron chi connectivity index (χ1n) is 7.24. The lowest BCUT2D eigenvalue weighted by Crippen LogP contribution is -2.16. The number of hydrogen-bond donors (Lipinski definition) is 0. The number of hydrogen-bond acceptors (Lipinski definition) is 2. The second-order valence-electron chi connectivity index (χ2n) is 5.43. The molecule has 0 unspecified atom stereocenters. The zero-order valence-corrected chi connectivity index (χ0v) is 11.9. The summed E-state index contributed by atoms with van der Waals surface area (Å²) in [6, 6.07) is 3.99. The van der Waals surface area contributed by atoms with Gasteiger partial charge in [-0.3, -0.25) is 0 Å². The van der Waals surface area contributed by atoms with Crippen LogP contribution in [0.4, 0.5) is 0 Å². The second kappa shape index (κ2) is 5.91. The molecule has 0 aromatic carbocycles. The highest BCUT2D eigenvalue weighted by atomic mass is 35.5. The molecule has 19 heavy (non-hydrogen) atoms. The minimum Gasteiger partial charge on any atom is -0.312 e. The van der Waals surface area contributed by atoms with Crippen molar-refractivity contribution < 1.29 is 0 Å². The molecule has 0 radical (unpaired) electrons. The normalized spacial score (nSPS) is 17.1. The van der Waals surface area contributed by atoms with Crippen LogP contribution in [0.2, 0.25) is 0 Å². The molecule has 0 spiro atoms. The number of alkyl halides is 1. The monoisotopic (exact) mass is 277 g/mol. The Labute approximate surface area is 119 Å². The number of aryl methyl sites for hydroxylation is 1. The molecule has 0 amide bonds. The van der Waals surface area contributed by atoms with Crippen LogP contribution in [0.15, 0.2) is 18.3 Å². The smallest absolute Gasteiger partial charge is 0.159 e. The van der Waals surface area contributed by atoms with Gasteiger partial charge < -0.3 is 4.57 Å². The van der Waals surface area contributed by atoms with Gasteiger partial charge in [-0.25, -0.2) is 9.97 Å². The number of pyridine rings is 1. The Morgan fingerprint density at radius 3 is 2.89 bits per heavy atom. The fourth-order valence-electron chi connectivity index (χ4n) is 3.10. The predicted octanol–water partition coefficient (Wildman–Crippen LogP) is 3.79. The molecule has 2 aromatic rings. The van der Waals surface area contributed by atoms with E-state index in [4.69, 9.17) is 11.6 Å². The summed E-state index contributed by atoms with van der Waals surface area (Å²) in [5, 5.41) is 0. The predicted molar refractivity (Wildman–Crippen MR) is 78.5 cm³/mol. The van der Waals surface area contributed by atoms with E-state index in [2.05, 4.69) is 14.5 Å². The van der Waals surface area contributed by atoms with Crippen molar-refractivity contribution in [2.75, 3.05) is 5.88 Å². The average Bonchev–Trinajstić information content (AvgIpc) is 2.79. The van der Waals surface area contributed by atoms with Crippen molar-refractivity contribution in [1.29, 1.82) is 0 Å². The van der Waals surface area contributed by atoms with E-state index in [9.17, 15) is 0 Å². The summed E-state index contributed by atoms with van der Waals surface area (Å²) >= 11 is 5.90. The van der Waals surface area contributed by atoms with E-state index in [1.165, 1.54) is 32.1 Å². The van der Waals surface area contributed by atoms with Crippen LogP contribution in [-0.2, 0) is 13.0 Å². The Balaban J connectivity index is 1.92. The molecule has 0 N–H and O–H groups in total. The van der Waals surface area contributed by atoms with Crippen LogP contribution in [0.1, 0.15) is 37.9 Å². The van der Waals surface area contributed by atoms with Crippen molar-refractivity contribution in [2.45, 2.75) is 45.1 Å². The number of rotatable bonds is 4. The van der Waals surface area contributed by atoms with Crippen LogP contribution in [0.3, 0.4) is 0 Å². The van der Waals surface area contributed by atoms with Crippen LogP contribution in [0.5, 0.6) is 0 Å². The van der Waals surface area contributed by atoms with Crippen molar-refractivity contribution in [3.05, 3.63) is 24.2 Å². The van der Waals surface area contributed by atoms with E-state index in [1.54, 1.807) is 0 Å². The third-order valence-corrected chi connectivity index (χ3v) is 4.26. The Bertz CT molecular complexity index is 543. The van der Waals surface area contributed by atoms with Crippen LogP contribution < -0.4 is 0 Å². The first kappa shape index (κ1) is 12.9. The Hall–Kier alpha value is -1.09. The number of aromatic nitrogens is 3. The van der Waals surface area contributed by atoms with E-state index in [0.717, 1.165) is 35.9 Å². The fraction of sp³-hybridized carbons (Fsp3) is 0.600. The Kier molecular flexibility index (Phi) is 4.02. The summed E-state index contributed by atoms with van der Waals surface area (Å²) in [6.07, 6.45) is 9.50. The maximum absolute atomic E-state index is 5.90. The maximum atomic E-state index is 5.90. The Morgan fingerprint density at radius 2 is 2.11 bits per heavy atom. The van der Waals surface area contributed by atoms with Gasteiger partial charge in [-0.2, -0.15) is 0 Å². The summed E-state index contributed by atoms with van der Waals surface area (Å²) in [6.45, 7) is 1.06. The number of imidazole rings is 1. The average molecular weight is 278 g/mol. The molecule has 3 nitrogen and oxygen atoms in total.